The second kappa shape index (κ2) is 9.17. The molecule has 0 bridgehead atoms. The zero-order valence-corrected chi connectivity index (χ0v) is 19.3. The van der Waals surface area contributed by atoms with Gasteiger partial charge in [0.1, 0.15) is 0 Å². The molecule has 5 rings (SSSR count). The third-order valence-corrected chi connectivity index (χ3v) is 6.73. The highest BCUT2D eigenvalue weighted by molar-refractivity contribution is 6.09. The van der Waals surface area contributed by atoms with Crippen LogP contribution in [0, 0.1) is 11.3 Å². The van der Waals surface area contributed by atoms with Gasteiger partial charge in [-0.2, -0.15) is 18.4 Å². The molecule has 1 aliphatic heterocycles. The first-order valence-electron chi connectivity index (χ1n) is 11.6. The minimum absolute atomic E-state index is 0.0822. The van der Waals surface area contributed by atoms with Gasteiger partial charge >= 0.3 is 6.18 Å². The molecule has 182 valence electrons. The Labute approximate surface area is 206 Å². The Hall–Kier alpha value is -4.09. The third-order valence-electron chi connectivity index (χ3n) is 6.73. The summed E-state index contributed by atoms with van der Waals surface area (Å²) in [4.78, 5) is 18.3. The molecule has 0 atom stereocenters. The van der Waals surface area contributed by atoms with Crippen LogP contribution in [-0.4, -0.2) is 34.9 Å². The summed E-state index contributed by atoms with van der Waals surface area (Å²) in [5.74, 6) is -0.0822. The number of hydrogen-bond acceptors (Lipinski definition) is 3. The minimum Gasteiger partial charge on any atom is -0.360 e. The quantitative estimate of drug-likeness (QED) is 0.373. The number of nitrogens with zero attached hydrogens (tertiary/aromatic N) is 2. The summed E-state index contributed by atoms with van der Waals surface area (Å²) >= 11 is 0. The minimum atomic E-state index is -4.43. The van der Waals surface area contributed by atoms with E-state index in [2.05, 4.69) is 11.1 Å². The van der Waals surface area contributed by atoms with Crippen molar-refractivity contribution in [3.8, 4) is 28.3 Å². The number of likely N-dealkylation sites (tertiary alicyclic amines) is 1. The zero-order valence-electron chi connectivity index (χ0n) is 19.3. The number of alkyl halides is 3. The van der Waals surface area contributed by atoms with E-state index in [1.165, 1.54) is 12.1 Å². The predicted octanol–water partition coefficient (Wildman–Crippen LogP) is 5.96. The van der Waals surface area contributed by atoms with Crippen molar-refractivity contribution in [2.75, 3.05) is 13.1 Å². The van der Waals surface area contributed by atoms with Crippen molar-refractivity contribution >= 4 is 16.8 Å². The number of aromatic nitrogens is 1. The number of carbonyl (C=O) groups is 1. The number of benzene rings is 3. The molecule has 1 aromatic heterocycles. The molecule has 8 heteroatoms. The lowest BCUT2D eigenvalue weighted by Crippen LogP contribution is -2.42. The number of rotatable bonds is 3. The van der Waals surface area contributed by atoms with Crippen LogP contribution in [0.15, 0.2) is 66.9 Å². The van der Waals surface area contributed by atoms with Crippen LogP contribution in [0.1, 0.15) is 34.3 Å². The molecule has 0 unspecified atom stereocenters. The molecule has 1 amide bonds. The van der Waals surface area contributed by atoms with Gasteiger partial charge in [0.25, 0.3) is 5.91 Å². The molecular weight excluding hydrogens is 465 g/mol. The fourth-order valence-corrected chi connectivity index (χ4v) is 4.66. The molecule has 0 radical (unpaired) electrons. The zero-order chi connectivity index (χ0) is 25.4. The Morgan fingerprint density at radius 1 is 0.972 bits per heavy atom. The van der Waals surface area contributed by atoms with E-state index in [0.29, 0.717) is 40.9 Å². The maximum absolute atomic E-state index is 13.3. The van der Waals surface area contributed by atoms with Crippen LogP contribution in [0.2, 0.25) is 0 Å². The Kier molecular flexibility index (Phi) is 6.02. The highest BCUT2D eigenvalue weighted by Gasteiger charge is 2.30. The predicted molar refractivity (Wildman–Crippen MR) is 132 cm³/mol. The van der Waals surface area contributed by atoms with Crippen molar-refractivity contribution in [3.05, 3.63) is 83.6 Å². The Bertz CT molecular complexity index is 1460. The Balaban J connectivity index is 1.63. The number of nitrogens with two attached hydrogens (primary N) is 1. The summed E-state index contributed by atoms with van der Waals surface area (Å²) in [5, 5.41) is 9.91. The van der Waals surface area contributed by atoms with Gasteiger partial charge in [-0.05, 0) is 71.5 Å². The van der Waals surface area contributed by atoms with Crippen LogP contribution in [0.3, 0.4) is 0 Å². The fourth-order valence-electron chi connectivity index (χ4n) is 4.66. The number of nitrogens with one attached hydrogen (secondary N) is 1. The highest BCUT2D eigenvalue weighted by Crippen LogP contribution is 2.38. The molecule has 2 heterocycles. The lowest BCUT2D eigenvalue weighted by molar-refractivity contribution is -0.137. The van der Waals surface area contributed by atoms with Crippen LogP contribution < -0.4 is 5.73 Å². The van der Waals surface area contributed by atoms with Gasteiger partial charge in [0.2, 0.25) is 0 Å². The van der Waals surface area contributed by atoms with Gasteiger partial charge in [-0.1, -0.05) is 24.3 Å². The van der Waals surface area contributed by atoms with E-state index in [1.54, 1.807) is 35.4 Å². The van der Waals surface area contributed by atoms with Gasteiger partial charge < -0.3 is 15.6 Å². The smallest absolute Gasteiger partial charge is 0.360 e. The topological polar surface area (TPSA) is 85.9 Å². The molecule has 1 aliphatic rings. The fraction of sp³-hybridized carbons (Fsp3) is 0.214. The Morgan fingerprint density at radius 2 is 1.56 bits per heavy atom. The number of carbonyl (C=O) groups excluding carboxylic acids is 1. The normalized spacial score (nSPS) is 14.7. The summed E-state index contributed by atoms with van der Waals surface area (Å²) in [6.45, 7) is 1.19. The molecule has 1 saturated heterocycles. The number of amides is 1. The maximum atomic E-state index is 13.3. The molecule has 4 aromatic rings. The average molecular weight is 489 g/mol. The SMILES string of the molecule is N#Cc1ccc(-c2cc3c(C(=O)N4CCC(N)CC4)c[nH]c3cc2-c2ccc(C(F)(F)F)cc2)cc1. The summed E-state index contributed by atoms with van der Waals surface area (Å²) in [7, 11) is 0. The summed E-state index contributed by atoms with van der Waals surface area (Å²) < 4.78 is 39.4. The molecule has 3 N–H and O–H groups in total. The molecule has 5 nitrogen and oxygen atoms in total. The van der Waals surface area contributed by atoms with E-state index in [1.807, 2.05) is 12.1 Å². The van der Waals surface area contributed by atoms with Crippen molar-refractivity contribution in [2.24, 2.45) is 5.73 Å². The maximum Gasteiger partial charge on any atom is 0.416 e. The Morgan fingerprint density at radius 3 is 2.14 bits per heavy atom. The van der Waals surface area contributed by atoms with Crippen LogP contribution in [0.25, 0.3) is 33.2 Å². The number of hydrogen-bond donors (Lipinski definition) is 2. The first-order chi connectivity index (χ1) is 17.2. The summed E-state index contributed by atoms with van der Waals surface area (Å²) in [5.41, 5.74) is 9.87. The molecular formula is C28H23F3N4O. The number of aromatic amines is 1. The molecule has 36 heavy (non-hydrogen) atoms. The van der Waals surface area contributed by atoms with Crippen LogP contribution in [-0.2, 0) is 6.18 Å². The van der Waals surface area contributed by atoms with E-state index in [4.69, 9.17) is 5.73 Å². The lowest BCUT2D eigenvalue weighted by Gasteiger charge is -2.30. The first-order valence-corrected chi connectivity index (χ1v) is 11.6. The third kappa shape index (κ3) is 4.45. The average Bonchev–Trinajstić information content (AvgIpc) is 3.30. The van der Waals surface area contributed by atoms with Crippen molar-refractivity contribution < 1.29 is 18.0 Å². The van der Waals surface area contributed by atoms with Gasteiger partial charge in [0.05, 0.1) is 22.8 Å². The molecule has 0 aliphatic carbocycles. The molecule has 0 saturated carbocycles. The standard InChI is InChI=1S/C28H23F3N4O/c29-28(30,31)20-7-5-19(6-8-20)23-14-26-24(13-22(23)18-3-1-17(15-32)2-4-18)25(16-34-26)27(36)35-11-9-21(33)10-12-35/h1-8,13-14,16,21,34H,9-12,33H2. The lowest BCUT2D eigenvalue weighted by atomic mass is 9.91. The summed E-state index contributed by atoms with van der Waals surface area (Å²) in [6.07, 6.45) is -1.24. The van der Waals surface area contributed by atoms with Crippen molar-refractivity contribution in [3.63, 3.8) is 0 Å². The van der Waals surface area contributed by atoms with Crippen molar-refractivity contribution in [2.45, 2.75) is 25.1 Å². The number of halogens is 3. The van der Waals surface area contributed by atoms with Gasteiger partial charge in [-0.15, -0.1) is 0 Å². The van der Waals surface area contributed by atoms with Crippen molar-refractivity contribution in [1.82, 2.24) is 9.88 Å². The van der Waals surface area contributed by atoms with Gasteiger partial charge in [-0.25, -0.2) is 0 Å². The van der Waals surface area contributed by atoms with Crippen LogP contribution in [0.4, 0.5) is 13.2 Å². The van der Waals surface area contributed by atoms with E-state index in [0.717, 1.165) is 41.5 Å². The van der Waals surface area contributed by atoms with Crippen molar-refractivity contribution in [1.29, 1.82) is 5.26 Å². The summed E-state index contributed by atoms with van der Waals surface area (Å²) in [6, 6.07) is 17.9. The molecule has 0 spiro atoms. The second-order valence-electron chi connectivity index (χ2n) is 9.04. The van der Waals surface area contributed by atoms with Crippen LogP contribution in [0.5, 0.6) is 0 Å². The van der Waals surface area contributed by atoms with Crippen LogP contribution >= 0.6 is 0 Å². The largest absolute Gasteiger partial charge is 0.416 e. The van der Waals surface area contributed by atoms with E-state index < -0.39 is 11.7 Å². The van der Waals surface area contributed by atoms with E-state index in [-0.39, 0.29) is 11.9 Å². The number of H-pyrrole nitrogens is 1. The monoisotopic (exact) mass is 488 g/mol. The number of fused-ring (bicyclic) bond motifs is 1. The molecule has 1 fully saturated rings. The van der Waals surface area contributed by atoms with E-state index in [9.17, 15) is 23.2 Å². The van der Waals surface area contributed by atoms with E-state index >= 15 is 0 Å². The first kappa shape index (κ1) is 23.6. The van der Waals surface area contributed by atoms with Gasteiger partial charge in [0.15, 0.2) is 0 Å². The van der Waals surface area contributed by atoms with Gasteiger partial charge in [0, 0.05) is 36.2 Å². The number of nitriles is 1. The number of piperidine rings is 1. The second-order valence-corrected chi connectivity index (χ2v) is 9.04. The highest BCUT2D eigenvalue weighted by atomic mass is 19.4. The van der Waals surface area contributed by atoms with Gasteiger partial charge in [-0.3, -0.25) is 4.79 Å². The molecule has 3 aromatic carbocycles.